The number of hydrogen-bond acceptors (Lipinski definition) is 3. The summed E-state index contributed by atoms with van der Waals surface area (Å²) < 4.78 is 0. The van der Waals surface area contributed by atoms with E-state index in [0.29, 0.717) is 11.7 Å². The van der Waals surface area contributed by atoms with E-state index >= 15 is 0 Å². The number of aliphatic hydroxyl groups is 1. The second kappa shape index (κ2) is 9.86. The van der Waals surface area contributed by atoms with Crippen molar-refractivity contribution >= 4 is 17.5 Å². The molecule has 0 radical (unpaired) electrons. The maximum atomic E-state index is 11.8. The Hall–Kier alpha value is -1.06. The predicted molar refractivity (Wildman–Crippen MR) is 95.2 cm³/mol. The van der Waals surface area contributed by atoms with Gasteiger partial charge in [0, 0.05) is 4.90 Å². The molecular weight excluding hydrogens is 292 g/mol. The number of allylic oxidation sites excluding steroid dienone is 2. The van der Waals surface area contributed by atoms with E-state index < -0.39 is 5.60 Å². The molecule has 0 saturated heterocycles. The lowest BCUT2D eigenvalue weighted by atomic mass is 9.95. The Morgan fingerprint density at radius 1 is 1.32 bits per heavy atom. The molecule has 1 aromatic rings. The summed E-state index contributed by atoms with van der Waals surface area (Å²) in [5, 5.41) is 9.67. The van der Waals surface area contributed by atoms with E-state index in [1.165, 1.54) is 0 Å². The zero-order valence-corrected chi connectivity index (χ0v) is 14.7. The van der Waals surface area contributed by atoms with E-state index in [-0.39, 0.29) is 5.78 Å². The number of ketones is 1. The summed E-state index contributed by atoms with van der Waals surface area (Å²) >= 11 is 1.58. The van der Waals surface area contributed by atoms with Crippen LogP contribution in [0.25, 0.3) is 0 Å². The molecule has 0 spiro atoms. The van der Waals surface area contributed by atoms with Crippen LogP contribution in [0.2, 0.25) is 0 Å². The Balaban J connectivity index is 2.17. The molecule has 0 bridgehead atoms. The monoisotopic (exact) mass is 320 g/mol. The smallest absolute Gasteiger partial charge is 0.165 e. The zero-order valence-electron chi connectivity index (χ0n) is 13.9. The highest BCUT2D eigenvalue weighted by molar-refractivity contribution is 8.00. The molecule has 0 aliphatic heterocycles. The maximum absolute atomic E-state index is 11.8. The van der Waals surface area contributed by atoms with Gasteiger partial charge in [-0.25, -0.2) is 0 Å². The summed E-state index contributed by atoms with van der Waals surface area (Å²) in [6.07, 6.45) is 7.56. The summed E-state index contributed by atoms with van der Waals surface area (Å²) in [5.74, 6) is 1.21. The number of thioether (sulfide) groups is 1. The fraction of sp³-hybridized carbons (Fsp3) is 0.526. The quantitative estimate of drug-likeness (QED) is 0.493. The number of carbonyl (C=O) groups is 1. The van der Waals surface area contributed by atoms with E-state index in [2.05, 4.69) is 6.92 Å². The minimum atomic E-state index is -0.569. The minimum absolute atomic E-state index is 0.164. The lowest BCUT2D eigenvalue weighted by Crippen LogP contribution is -2.18. The van der Waals surface area contributed by atoms with Crippen LogP contribution in [0.15, 0.2) is 47.4 Å². The molecule has 1 aromatic carbocycles. The van der Waals surface area contributed by atoms with Gasteiger partial charge in [-0.05, 0) is 50.8 Å². The van der Waals surface area contributed by atoms with Crippen LogP contribution in [0.1, 0.15) is 46.5 Å². The maximum Gasteiger partial charge on any atom is 0.165 e. The molecule has 2 nitrogen and oxygen atoms in total. The van der Waals surface area contributed by atoms with Gasteiger partial charge in [-0.1, -0.05) is 44.0 Å². The Labute approximate surface area is 139 Å². The van der Waals surface area contributed by atoms with Crippen molar-refractivity contribution in [2.75, 3.05) is 5.75 Å². The number of benzene rings is 1. The number of hydrogen-bond donors (Lipinski definition) is 1. The van der Waals surface area contributed by atoms with Crippen LogP contribution in [-0.2, 0) is 4.79 Å². The zero-order chi connectivity index (χ0) is 16.4. The van der Waals surface area contributed by atoms with E-state index in [1.807, 2.05) is 50.3 Å². The Bertz CT molecular complexity index is 460. The average molecular weight is 320 g/mol. The van der Waals surface area contributed by atoms with Gasteiger partial charge in [-0.2, -0.15) is 0 Å². The molecule has 122 valence electrons. The molecule has 0 unspecified atom stereocenters. The van der Waals surface area contributed by atoms with Crippen LogP contribution in [0.3, 0.4) is 0 Å². The van der Waals surface area contributed by atoms with Crippen LogP contribution in [-0.4, -0.2) is 22.2 Å². The van der Waals surface area contributed by atoms with Crippen LogP contribution in [0.5, 0.6) is 0 Å². The largest absolute Gasteiger partial charge is 0.390 e. The fourth-order valence-corrected chi connectivity index (χ4v) is 2.91. The molecular formula is C19H28O2S. The summed E-state index contributed by atoms with van der Waals surface area (Å²) in [6, 6.07) is 9.99. The van der Waals surface area contributed by atoms with Crippen molar-refractivity contribution in [2.24, 2.45) is 5.92 Å². The van der Waals surface area contributed by atoms with Crippen molar-refractivity contribution in [3.63, 3.8) is 0 Å². The highest BCUT2D eigenvalue weighted by atomic mass is 32.2. The van der Waals surface area contributed by atoms with Crippen molar-refractivity contribution in [1.29, 1.82) is 0 Å². The van der Waals surface area contributed by atoms with Gasteiger partial charge < -0.3 is 5.11 Å². The fourth-order valence-electron chi connectivity index (χ4n) is 2.15. The van der Waals surface area contributed by atoms with Gasteiger partial charge in [0.1, 0.15) is 0 Å². The summed E-state index contributed by atoms with van der Waals surface area (Å²) in [6.45, 7) is 5.89. The van der Waals surface area contributed by atoms with Gasteiger partial charge in [0.2, 0.25) is 0 Å². The topological polar surface area (TPSA) is 37.3 Å². The van der Waals surface area contributed by atoms with Crippen LogP contribution in [0, 0.1) is 5.92 Å². The molecule has 0 aliphatic rings. The molecule has 1 atom stereocenters. The first-order chi connectivity index (χ1) is 10.4. The number of carbonyl (C=O) groups excluding carboxylic acids is 1. The van der Waals surface area contributed by atoms with Crippen LogP contribution < -0.4 is 0 Å². The Morgan fingerprint density at radius 3 is 2.64 bits per heavy atom. The van der Waals surface area contributed by atoms with E-state index in [9.17, 15) is 9.90 Å². The Morgan fingerprint density at radius 2 is 2.00 bits per heavy atom. The minimum Gasteiger partial charge on any atom is -0.390 e. The third kappa shape index (κ3) is 9.80. The summed E-state index contributed by atoms with van der Waals surface area (Å²) in [4.78, 5) is 12.9. The molecule has 0 aliphatic carbocycles. The van der Waals surface area contributed by atoms with Crippen molar-refractivity contribution in [2.45, 2.75) is 57.0 Å². The third-order valence-electron chi connectivity index (χ3n) is 3.45. The Kier molecular flexibility index (Phi) is 8.51. The van der Waals surface area contributed by atoms with Crippen molar-refractivity contribution in [3.05, 3.63) is 42.5 Å². The molecule has 0 aromatic heterocycles. The lowest BCUT2D eigenvalue weighted by molar-refractivity contribution is -0.112. The van der Waals surface area contributed by atoms with Crippen molar-refractivity contribution in [3.8, 4) is 0 Å². The highest BCUT2D eigenvalue weighted by Gasteiger charge is 2.12. The second-order valence-corrected chi connectivity index (χ2v) is 7.56. The van der Waals surface area contributed by atoms with Gasteiger partial charge >= 0.3 is 0 Å². The molecule has 3 heteroatoms. The molecule has 0 heterocycles. The molecule has 22 heavy (non-hydrogen) atoms. The number of rotatable bonds is 10. The SMILES string of the molecule is C[C@@H](CC=CC(=O)CSc1ccccc1)CCCC(C)(C)O. The first-order valence-electron chi connectivity index (χ1n) is 7.96. The van der Waals surface area contributed by atoms with Crippen LogP contribution in [0.4, 0.5) is 0 Å². The normalized spacial score (nSPS) is 13.5. The molecule has 1 rings (SSSR count). The molecule has 1 N–H and O–H groups in total. The summed E-state index contributed by atoms with van der Waals surface area (Å²) in [5.41, 5.74) is -0.569. The molecule has 0 fully saturated rings. The average Bonchev–Trinajstić information content (AvgIpc) is 2.45. The van der Waals surface area contributed by atoms with Crippen LogP contribution >= 0.6 is 11.8 Å². The lowest BCUT2D eigenvalue weighted by Gasteiger charge is -2.17. The van der Waals surface area contributed by atoms with Gasteiger partial charge in [0.05, 0.1) is 11.4 Å². The van der Waals surface area contributed by atoms with Gasteiger partial charge in [-0.3, -0.25) is 4.79 Å². The van der Waals surface area contributed by atoms with Gasteiger partial charge in [0.25, 0.3) is 0 Å². The van der Waals surface area contributed by atoms with Gasteiger partial charge in [-0.15, -0.1) is 11.8 Å². The standard InChI is InChI=1S/C19H28O2S/c1-16(10-8-14-19(2,3)21)9-7-11-17(20)15-22-18-12-5-4-6-13-18/h4-7,11-13,16,21H,8-10,14-15H2,1-3H3/t16-/m0/s1. The summed E-state index contributed by atoms with van der Waals surface area (Å²) in [7, 11) is 0. The predicted octanol–water partition coefficient (Wildman–Crippen LogP) is 4.87. The van der Waals surface area contributed by atoms with E-state index in [1.54, 1.807) is 17.8 Å². The first-order valence-corrected chi connectivity index (χ1v) is 8.95. The first kappa shape index (κ1) is 19.0. The van der Waals surface area contributed by atoms with E-state index in [4.69, 9.17) is 0 Å². The molecule has 0 amide bonds. The molecule has 0 saturated carbocycles. The second-order valence-electron chi connectivity index (χ2n) is 6.52. The highest BCUT2D eigenvalue weighted by Crippen LogP contribution is 2.19. The van der Waals surface area contributed by atoms with Crippen molar-refractivity contribution in [1.82, 2.24) is 0 Å². The van der Waals surface area contributed by atoms with Crippen molar-refractivity contribution < 1.29 is 9.90 Å². The van der Waals surface area contributed by atoms with E-state index in [0.717, 1.165) is 30.6 Å². The van der Waals surface area contributed by atoms with Gasteiger partial charge in [0.15, 0.2) is 5.78 Å². The third-order valence-corrected chi connectivity index (χ3v) is 4.49.